The lowest BCUT2D eigenvalue weighted by atomic mass is 9.95. The number of halogens is 5. The van der Waals surface area contributed by atoms with Crippen molar-refractivity contribution in [3.05, 3.63) is 64.5 Å². The van der Waals surface area contributed by atoms with Crippen LogP contribution in [-0.4, -0.2) is 48.1 Å². The van der Waals surface area contributed by atoms with E-state index in [-0.39, 0.29) is 28.7 Å². The van der Waals surface area contributed by atoms with Crippen LogP contribution in [0.1, 0.15) is 34.5 Å². The van der Waals surface area contributed by atoms with Crippen LogP contribution in [0.15, 0.2) is 42.5 Å². The predicted octanol–water partition coefficient (Wildman–Crippen LogP) is 5.66. The molecule has 0 saturated carbocycles. The Kier molecular flexibility index (Phi) is 6.80. The third-order valence-electron chi connectivity index (χ3n) is 7.10. The van der Waals surface area contributed by atoms with Gasteiger partial charge in [0, 0.05) is 16.5 Å². The van der Waals surface area contributed by atoms with Gasteiger partial charge in [0.2, 0.25) is 0 Å². The van der Waals surface area contributed by atoms with Crippen molar-refractivity contribution in [3.8, 4) is 33.4 Å². The first-order valence-corrected chi connectivity index (χ1v) is 12.7. The van der Waals surface area contributed by atoms with Crippen molar-refractivity contribution in [2.45, 2.75) is 43.6 Å². The zero-order valence-electron chi connectivity index (χ0n) is 20.3. The highest BCUT2D eigenvalue weighted by molar-refractivity contribution is 7.18. The molecule has 2 aliphatic rings. The number of nitrogens with zero attached hydrogens (tertiary/aromatic N) is 2. The Balaban J connectivity index is 1.52. The van der Waals surface area contributed by atoms with E-state index < -0.39 is 41.7 Å². The second-order valence-corrected chi connectivity index (χ2v) is 10.4. The number of benzene rings is 2. The average Bonchev–Trinajstić information content (AvgIpc) is 3.61. The van der Waals surface area contributed by atoms with Gasteiger partial charge < -0.3 is 15.0 Å². The number of hydrogen-bond acceptors (Lipinski definition) is 5. The number of nitrogens with one attached hydrogen (secondary N) is 1. The van der Waals surface area contributed by atoms with Gasteiger partial charge in [-0.1, -0.05) is 6.07 Å². The monoisotopic (exact) mass is 561 g/mol. The van der Waals surface area contributed by atoms with E-state index in [9.17, 15) is 31.5 Å². The fourth-order valence-corrected chi connectivity index (χ4v) is 6.46. The lowest BCUT2D eigenvalue weighted by Crippen LogP contribution is -2.49. The number of ether oxygens (including phenoxy) is 1. The molecule has 12 heteroatoms. The SMILES string of the molecule is COc1ccc(-c2sc(C(=O)N3C4CCC3C(NC(=O)C(F)(F)F)C4)cc2-c2ccc(C#N)c(F)c2)cc1F. The molecule has 0 aliphatic carbocycles. The van der Waals surface area contributed by atoms with Crippen molar-refractivity contribution in [1.29, 1.82) is 5.26 Å². The molecule has 2 amide bonds. The highest BCUT2D eigenvalue weighted by Crippen LogP contribution is 2.44. The largest absolute Gasteiger partial charge is 0.494 e. The lowest BCUT2D eigenvalue weighted by Gasteiger charge is -2.25. The summed E-state index contributed by atoms with van der Waals surface area (Å²) >= 11 is 1.04. The van der Waals surface area contributed by atoms with Crippen molar-refractivity contribution < 1.29 is 36.3 Å². The maximum atomic E-state index is 14.6. The molecule has 2 bridgehead atoms. The molecule has 202 valence electrons. The van der Waals surface area contributed by atoms with Gasteiger partial charge in [-0.15, -0.1) is 11.3 Å². The van der Waals surface area contributed by atoms with Gasteiger partial charge in [-0.2, -0.15) is 18.4 Å². The molecule has 3 atom stereocenters. The van der Waals surface area contributed by atoms with Crippen LogP contribution in [0.3, 0.4) is 0 Å². The molecule has 39 heavy (non-hydrogen) atoms. The normalized spacial score (nSPS) is 20.1. The summed E-state index contributed by atoms with van der Waals surface area (Å²) in [5, 5.41) is 11.1. The van der Waals surface area contributed by atoms with Crippen LogP contribution in [0.5, 0.6) is 5.75 Å². The Morgan fingerprint density at radius 2 is 1.79 bits per heavy atom. The third-order valence-corrected chi connectivity index (χ3v) is 8.27. The van der Waals surface area contributed by atoms with Crippen LogP contribution < -0.4 is 10.1 Å². The second-order valence-electron chi connectivity index (χ2n) is 9.33. The summed E-state index contributed by atoms with van der Waals surface area (Å²) in [6.07, 6.45) is -3.80. The van der Waals surface area contributed by atoms with E-state index in [1.807, 2.05) is 5.32 Å². The number of hydrogen-bond donors (Lipinski definition) is 1. The van der Waals surface area contributed by atoms with E-state index in [1.165, 1.54) is 42.3 Å². The summed E-state index contributed by atoms with van der Waals surface area (Å²) in [6.45, 7) is 0. The van der Waals surface area contributed by atoms with Crippen LogP contribution in [0.4, 0.5) is 22.0 Å². The zero-order chi connectivity index (χ0) is 28.1. The molecule has 0 radical (unpaired) electrons. The molecule has 0 spiro atoms. The van der Waals surface area contributed by atoms with Gasteiger partial charge in [0.25, 0.3) is 5.91 Å². The van der Waals surface area contributed by atoms with Gasteiger partial charge in [-0.05, 0) is 66.8 Å². The van der Waals surface area contributed by atoms with Crippen LogP contribution in [0, 0.1) is 23.0 Å². The highest BCUT2D eigenvalue weighted by atomic mass is 32.1. The molecule has 3 aromatic rings. The minimum Gasteiger partial charge on any atom is -0.494 e. The standard InChI is InChI=1S/C27H20F5N3O3S/c1-38-22-7-4-14(9-19(22)29)24-17(13-2-3-15(12-33)18(28)8-13)11-23(39-24)25(36)35-16-5-6-21(35)20(10-16)34-26(37)27(30,31)32/h2-4,7-9,11,16,20-21H,5-6,10H2,1H3,(H,34,37). The van der Waals surface area contributed by atoms with Gasteiger partial charge in [-0.25, -0.2) is 8.78 Å². The summed E-state index contributed by atoms with van der Waals surface area (Å²) in [7, 11) is 1.32. The molecule has 3 unspecified atom stereocenters. The van der Waals surface area contributed by atoms with E-state index in [2.05, 4.69) is 0 Å². The van der Waals surface area contributed by atoms with E-state index in [4.69, 9.17) is 10.00 Å². The first kappa shape index (κ1) is 26.6. The number of amides is 2. The van der Waals surface area contributed by atoms with E-state index in [1.54, 1.807) is 12.1 Å². The number of rotatable bonds is 5. The van der Waals surface area contributed by atoms with Gasteiger partial charge in [0.1, 0.15) is 11.9 Å². The first-order chi connectivity index (χ1) is 18.5. The fraction of sp³-hybridized carbons (Fsp3) is 0.296. The average molecular weight is 562 g/mol. The summed E-state index contributed by atoms with van der Waals surface area (Å²) in [5.41, 5.74) is 1.01. The van der Waals surface area contributed by atoms with Crippen LogP contribution >= 0.6 is 11.3 Å². The molecule has 5 rings (SSSR count). The zero-order valence-corrected chi connectivity index (χ0v) is 21.1. The molecular formula is C27H20F5N3O3S. The van der Waals surface area contributed by atoms with E-state index in [0.717, 1.165) is 17.4 Å². The maximum Gasteiger partial charge on any atom is 0.471 e. The van der Waals surface area contributed by atoms with Crippen molar-refractivity contribution >= 4 is 23.2 Å². The number of thiophene rings is 1. The van der Waals surface area contributed by atoms with E-state index >= 15 is 0 Å². The summed E-state index contributed by atoms with van der Waals surface area (Å²) < 4.78 is 72.5. The molecule has 1 N–H and O–H groups in total. The van der Waals surface area contributed by atoms with E-state index in [0.29, 0.717) is 34.4 Å². The smallest absolute Gasteiger partial charge is 0.471 e. The second kappa shape index (κ2) is 9.96. The molecule has 2 saturated heterocycles. The molecule has 1 aromatic heterocycles. The molecule has 2 aliphatic heterocycles. The number of carbonyl (C=O) groups excluding carboxylic acids is 2. The Morgan fingerprint density at radius 1 is 1.08 bits per heavy atom. The van der Waals surface area contributed by atoms with Gasteiger partial charge in [-0.3, -0.25) is 9.59 Å². The van der Waals surface area contributed by atoms with Gasteiger partial charge in [0.05, 0.1) is 29.6 Å². The lowest BCUT2D eigenvalue weighted by molar-refractivity contribution is -0.174. The third kappa shape index (κ3) is 4.83. The van der Waals surface area contributed by atoms with Crippen LogP contribution in [0.2, 0.25) is 0 Å². The maximum absolute atomic E-state index is 14.6. The Bertz CT molecular complexity index is 1510. The number of fused-ring (bicyclic) bond motifs is 2. The number of methoxy groups -OCH3 is 1. The molecule has 2 aromatic carbocycles. The Morgan fingerprint density at radius 3 is 2.44 bits per heavy atom. The summed E-state index contributed by atoms with van der Waals surface area (Å²) in [5.74, 6) is -3.88. The van der Waals surface area contributed by atoms with Crippen LogP contribution in [-0.2, 0) is 4.79 Å². The minimum atomic E-state index is -5.03. The van der Waals surface area contributed by atoms with Crippen molar-refractivity contribution in [3.63, 3.8) is 0 Å². The molecular weight excluding hydrogens is 541 g/mol. The summed E-state index contributed by atoms with van der Waals surface area (Å²) in [6, 6.07) is 9.71. The number of nitriles is 1. The highest BCUT2D eigenvalue weighted by Gasteiger charge is 2.51. The van der Waals surface area contributed by atoms with Crippen molar-refractivity contribution in [2.24, 2.45) is 0 Å². The summed E-state index contributed by atoms with van der Waals surface area (Å²) in [4.78, 5) is 27.4. The Hall–Kier alpha value is -3.98. The topological polar surface area (TPSA) is 82.4 Å². The van der Waals surface area contributed by atoms with Gasteiger partial charge >= 0.3 is 12.1 Å². The Labute approximate surface area is 223 Å². The molecule has 6 nitrogen and oxygen atoms in total. The van der Waals surface area contributed by atoms with Crippen LogP contribution in [0.25, 0.3) is 21.6 Å². The minimum absolute atomic E-state index is 0.0122. The fourth-order valence-electron chi connectivity index (χ4n) is 5.34. The van der Waals surface area contributed by atoms with Crippen molar-refractivity contribution in [2.75, 3.05) is 7.11 Å². The molecule has 3 heterocycles. The predicted molar refractivity (Wildman–Crippen MR) is 132 cm³/mol. The quantitative estimate of drug-likeness (QED) is 0.408. The number of carbonyl (C=O) groups is 2. The van der Waals surface area contributed by atoms with Gasteiger partial charge in [0.15, 0.2) is 11.6 Å². The van der Waals surface area contributed by atoms with Crippen molar-refractivity contribution in [1.82, 2.24) is 10.2 Å². The first-order valence-electron chi connectivity index (χ1n) is 11.9. The number of alkyl halides is 3. The molecule has 2 fully saturated rings.